The standard InChI is InChI=1S/C15H30N2O/c1-4-12-8-7-9-14(10-12)16-11-15(18)17-13(5-2)6-3/h12-14,16H,4-11H2,1-3H3,(H,17,18). The number of hydrogen-bond acceptors (Lipinski definition) is 2. The van der Waals surface area contributed by atoms with Gasteiger partial charge < -0.3 is 10.6 Å². The molecule has 2 unspecified atom stereocenters. The summed E-state index contributed by atoms with van der Waals surface area (Å²) >= 11 is 0. The third-order valence-electron chi connectivity index (χ3n) is 4.26. The maximum absolute atomic E-state index is 11.8. The second-order valence-electron chi connectivity index (χ2n) is 5.60. The van der Waals surface area contributed by atoms with Crippen LogP contribution in [-0.2, 0) is 4.79 Å². The lowest BCUT2D eigenvalue weighted by molar-refractivity contribution is -0.121. The number of nitrogens with one attached hydrogen (secondary N) is 2. The molecule has 18 heavy (non-hydrogen) atoms. The third-order valence-corrected chi connectivity index (χ3v) is 4.26. The quantitative estimate of drug-likeness (QED) is 0.733. The molecule has 106 valence electrons. The van der Waals surface area contributed by atoms with Gasteiger partial charge in [0.1, 0.15) is 0 Å². The first-order chi connectivity index (χ1) is 8.69. The summed E-state index contributed by atoms with van der Waals surface area (Å²) in [5, 5.41) is 6.51. The average molecular weight is 254 g/mol. The van der Waals surface area contributed by atoms with Gasteiger partial charge in [-0.2, -0.15) is 0 Å². The normalized spacial score (nSPS) is 24.2. The van der Waals surface area contributed by atoms with E-state index in [1.165, 1.54) is 32.1 Å². The minimum atomic E-state index is 0.155. The van der Waals surface area contributed by atoms with Crippen molar-refractivity contribution in [2.75, 3.05) is 6.54 Å². The molecule has 0 aromatic heterocycles. The van der Waals surface area contributed by atoms with E-state index in [0.717, 1.165) is 18.8 Å². The second-order valence-corrected chi connectivity index (χ2v) is 5.60. The monoisotopic (exact) mass is 254 g/mol. The molecule has 0 saturated heterocycles. The van der Waals surface area contributed by atoms with Crippen LogP contribution in [0.5, 0.6) is 0 Å². The lowest BCUT2D eigenvalue weighted by Crippen LogP contribution is -2.44. The van der Waals surface area contributed by atoms with Crippen molar-refractivity contribution in [1.82, 2.24) is 10.6 Å². The summed E-state index contributed by atoms with van der Waals surface area (Å²) < 4.78 is 0. The van der Waals surface area contributed by atoms with Gasteiger partial charge in [0.2, 0.25) is 5.91 Å². The highest BCUT2D eigenvalue weighted by atomic mass is 16.1. The summed E-state index contributed by atoms with van der Waals surface area (Å²) in [6.07, 6.45) is 8.47. The van der Waals surface area contributed by atoms with Crippen LogP contribution in [0.4, 0.5) is 0 Å². The third kappa shape index (κ3) is 5.38. The van der Waals surface area contributed by atoms with Crippen LogP contribution in [0.2, 0.25) is 0 Å². The summed E-state index contributed by atoms with van der Waals surface area (Å²) in [6, 6.07) is 0.894. The first-order valence-corrected chi connectivity index (χ1v) is 7.72. The molecule has 3 nitrogen and oxygen atoms in total. The fourth-order valence-electron chi connectivity index (χ4n) is 2.86. The molecule has 1 aliphatic carbocycles. The van der Waals surface area contributed by atoms with Crippen molar-refractivity contribution in [2.45, 2.75) is 77.8 Å². The number of carbonyl (C=O) groups is 1. The SMILES string of the molecule is CCC1CCCC(NCC(=O)NC(CC)CC)C1. The maximum atomic E-state index is 11.8. The Kier molecular flexibility index (Phi) is 7.33. The Morgan fingerprint density at radius 3 is 2.56 bits per heavy atom. The van der Waals surface area contributed by atoms with Gasteiger partial charge in [-0.05, 0) is 31.6 Å². The minimum Gasteiger partial charge on any atom is -0.352 e. The molecule has 0 aliphatic heterocycles. The predicted octanol–water partition coefficient (Wildman–Crippen LogP) is 2.85. The van der Waals surface area contributed by atoms with E-state index in [2.05, 4.69) is 31.4 Å². The summed E-state index contributed by atoms with van der Waals surface area (Å²) in [5.41, 5.74) is 0. The fraction of sp³-hybridized carbons (Fsp3) is 0.933. The van der Waals surface area contributed by atoms with Crippen LogP contribution >= 0.6 is 0 Å². The highest BCUT2D eigenvalue weighted by molar-refractivity contribution is 5.78. The lowest BCUT2D eigenvalue weighted by atomic mass is 9.84. The van der Waals surface area contributed by atoms with Crippen LogP contribution in [0.1, 0.15) is 65.7 Å². The zero-order valence-electron chi connectivity index (χ0n) is 12.3. The maximum Gasteiger partial charge on any atom is 0.234 e. The van der Waals surface area contributed by atoms with Crippen LogP contribution in [0.3, 0.4) is 0 Å². The van der Waals surface area contributed by atoms with E-state index in [0.29, 0.717) is 18.6 Å². The van der Waals surface area contributed by atoms with Gasteiger partial charge in [0.15, 0.2) is 0 Å². The van der Waals surface area contributed by atoms with Gasteiger partial charge in [-0.1, -0.05) is 40.0 Å². The molecule has 3 heteroatoms. The Morgan fingerprint density at radius 2 is 1.94 bits per heavy atom. The van der Waals surface area contributed by atoms with Crippen molar-refractivity contribution in [3.63, 3.8) is 0 Å². The van der Waals surface area contributed by atoms with Crippen LogP contribution in [0.25, 0.3) is 0 Å². The van der Waals surface area contributed by atoms with E-state index in [1.807, 2.05) is 0 Å². The zero-order valence-corrected chi connectivity index (χ0v) is 12.3. The molecule has 0 radical (unpaired) electrons. The number of amides is 1. The molecule has 1 amide bonds. The van der Waals surface area contributed by atoms with Gasteiger partial charge >= 0.3 is 0 Å². The summed E-state index contributed by atoms with van der Waals surface area (Å²) in [4.78, 5) is 11.8. The first kappa shape index (κ1) is 15.5. The molecule has 0 bridgehead atoms. The van der Waals surface area contributed by atoms with E-state index in [-0.39, 0.29) is 5.91 Å². The van der Waals surface area contributed by atoms with Gasteiger partial charge in [0.05, 0.1) is 6.54 Å². The summed E-state index contributed by atoms with van der Waals surface area (Å²) in [7, 11) is 0. The van der Waals surface area contributed by atoms with E-state index in [1.54, 1.807) is 0 Å². The lowest BCUT2D eigenvalue weighted by Gasteiger charge is -2.29. The molecular formula is C15H30N2O. The average Bonchev–Trinajstić information content (AvgIpc) is 2.42. The Labute approximate surface area is 112 Å². The smallest absolute Gasteiger partial charge is 0.234 e. The van der Waals surface area contributed by atoms with E-state index < -0.39 is 0 Å². The number of carbonyl (C=O) groups excluding carboxylic acids is 1. The zero-order chi connectivity index (χ0) is 13.4. The Bertz CT molecular complexity index is 239. The van der Waals surface area contributed by atoms with Gasteiger partial charge in [0.25, 0.3) is 0 Å². The summed E-state index contributed by atoms with van der Waals surface area (Å²) in [5.74, 6) is 1.01. The molecule has 1 saturated carbocycles. The van der Waals surface area contributed by atoms with Crippen LogP contribution in [-0.4, -0.2) is 24.5 Å². The molecule has 2 N–H and O–H groups in total. The molecule has 2 atom stereocenters. The molecule has 0 spiro atoms. The first-order valence-electron chi connectivity index (χ1n) is 7.72. The highest BCUT2D eigenvalue weighted by Gasteiger charge is 2.20. The Morgan fingerprint density at radius 1 is 1.22 bits per heavy atom. The Balaban J connectivity index is 2.21. The second kappa shape index (κ2) is 8.52. The molecule has 0 aromatic rings. The van der Waals surface area contributed by atoms with Crippen molar-refractivity contribution in [1.29, 1.82) is 0 Å². The van der Waals surface area contributed by atoms with Gasteiger partial charge in [-0.25, -0.2) is 0 Å². The molecular weight excluding hydrogens is 224 g/mol. The van der Waals surface area contributed by atoms with Crippen molar-refractivity contribution < 1.29 is 4.79 Å². The van der Waals surface area contributed by atoms with E-state index in [4.69, 9.17) is 0 Å². The van der Waals surface area contributed by atoms with Crippen molar-refractivity contribution >= 4 is 5.91 Å². The summed E-state index contributed by atoms with van der Waals surface area (Å²) in [6.45, 7) is 6.99. The van der Waals surface area contributed by atoms with Gasteiger partial charge in [0, 0.05) is 12.1 Å². The van der Waals surface area contributed by atoms with Crippen molar-refractivity contribution in [3.05, 3.63) is 0 Å². The van der Waals surface area contributed by atoms with Gasteiger partial charge in [-0.3, -0.25) is 4.79 Å². The number of hydrogen-bond donors (Lipinski definition) is 2. The van der Waals surface area contributed by atoms with Gasteiger partial charge in [-0.15, -0.1) is 0 Å². The van der Waals surface area contributed by atoms with Crippen molar-refractivity contribution in [2.24, 2.45) is 5.92 Å². The van der Waals surface area contributed by atoms with Crippen LogP contribution < -0.4 is 10.6 Å². The Hall–Kier alpha value is -0.570. The van der Waals surface area contributed by atoms with Crippen molar-refractivity contribution in [3.8, 4) is 0 Å². The fourth-order valence-corrected chi connectivity index (χ4v) is 2.86. The molecule has 1 aliphatic rings. The van der Waals surface area contributed by atoms with Crippen LogP contribution in [0, 0.1) is 5.92 Å². The molecule has 1 fully saturated rings. The highest BCUT2D eigenvalue weighted by Crippen LogP contribution is 2.26. The van der Waals surface area contributed by atoms with Crippen LogP contribution in [0.15, 0.2) is 0 Å². The molecule has 1 rings (SSSR count). The largest absolute Gasteiger partial charge is 0.352 e. The molecule has 0 aromatic carbocycles. The molecule has 0 heterocycles. The topological polar surface area (TPSA) is 41.1 Å². The number of rotatable bonds is 7. The van der Waals surface area contributed by atoms with E-state index >= 15 is 0 Å². The van der Waals surface area contributed by atoms with E-state index in [9.17, 15) is 4.79 Å². The predicted molar refractivity (Wildman–Crippen MR) is 76.6 cm³/mol. The minimum absolute atomic E-state index is 0.155.